The van der Waals surface area contributed by atoms with Crippen molar-refractivity contribution in [1.29, 1.82) is 0 Å². The Labute approximate surface area is 129 Å². The van der Waals surface area contributed by atoms with Gasteiger partial charge in [0, 0.05) is 11.3 Å². The number of nitrogens with zero attached hydrogens (tertiary/aromatic N) is 3. The number of amides is 1. The van der Waals surface area contributed by atoms with Crippen molar-refractivity contribution in [2.75, 3.05) is 11.1 Å². The van der Waals surface area contributed by atoms with Crippen LogP contribution in [0, 0.1) is 13.8 Å². The molecule has 7 nitrogen and oxygen atoms in total. The quantitative estimate of drug-likeness (QED) is 0.639. The molecule has 0 spiro atoms. The van der Waals surface area contributed by atoms with Crippen LogP contribution < -0.4 is 10.9 Å². The second-order valence-electron chi connectivity index (χ2n) is 4.27. The van der Waals surface area contributed by atoms with E-state index in [1.165, 1.54) is 23.1 Å². The Balaban J connectivity index is 1.93. The molecule has 0 saturated carbocycles. The molecule has 0 atom stereocenters. The Morgan fingerprint density at radius 1 is 1.38 bits per heavy atom. The van der Waals surface area contributed by atoms with E-state index in [1.54, 1.807) is 13.8 Å². The third-order valence-electron chi connectivity index (χ3n) is 2.73. The van der Waals surface area contributed by atoms with Gasteiger partial charge in [0.2, 0.25) is 11.0 Å². The number of aromatic nitrogens is 4. The van der Waals surface area contributed by atoms with Crippen LogP contribution in [0.2, 0.25) is 0 Å². The Morgan fingerprint density at radius 2 is 2.14 bits per heavy atom. The van der Waals surface area contributed by atoms with Crippen molar-refractivity contribution in [2.45, 2.75) is 32.3 Å². The molecule has 0 aromatic carbocycles. The van der Waals surface area contributed by atoms with Crippen LogP contribution in [0.5, 0.6) is 0 Å². The van der Waals surface area contributed by atoms with Crippen molar-refractivity contribution in [3.63, 3.8) is 0 Å². The van der Waals surface area contributed by atoms with Crippen LogP contribution in [-0.2, 0) is 11.2 Å². The highest BCUT2D eigenvalue weighted by Gasteiger charge is 2.10. The number of H-pyrrole nitrogens is 1. The molecular weight excluding hydrogens is 310 g/mol. The van der Waals surface area contributed by atoms with Crippen molar-refractivity contribution in [3.05, 3.63) is 26.6 Å². The molecule has 21 heavy (non-hydrogen) atoms. The van der Waals surface area contributed by atoms with Gasteiger partial charge in [-0.05, 0) is 20.3 Å². The molecule has 0 saturated heterocycles. The molecule has 0 unspecified atom stereocenters. The number of nitrogens with one attached hydrogen (secondary N) is 2. The first-order chi connectivity index (χ1) is 9.99. The Bertz CT molecular complexity index is 710. The van der Waals surface area contributed by atoms with E-state index >= 15 is 0 Å². The maximum Gasteiger partial charge on any atom is 0.254 e. The van der Waals surface area contributed by atoms with E-state index in [-0.39, 0.29) is 17.2 Å². The lowest BCUT2D eigenvalue weighted by molar-refractivity contribution is -0.113. The molecule has 2 N–H and O–H groups in total. The summed E-state index contributed by atoms with van der Waals surface area (Å²) in [4.78, 5) is 30.3. The van der Waals surface area contributed by atoms with Gasteiger partial charge in [-0.2, -0.15) is 0 Å². The second-order valence-corrected chi connectivity index (χ2v) is 6.30. The largest absolute Gasteiger partial charge is 0.301 e. The highest BCUT2D eigenvalue weighted by molar-refractivity contribution is 7.99. The molecule has 2 aromatic rings. The normalized spacial score (nSPS) is 10.6. The number of rotatable bonds is 5. The SMILES string of the molecule is CCc1nnc(NC(=O)CSc2nc(C)c(C)c(=O)[nH]2)s1. The maximum atomic E-state index is 11.8. The van der Waals surface area contributed by atoms with Gasteiger partial charge in [-0.25, -0.2) is 4.98 Å². The molecule has 2 rings (SSSR count). The Kier molecular flexibility index (Phi) is 5.07. The summed E-state index contributed by atoms with van der Waals surface area (Å²) < 4.78 is 0. The fourth-order valence-electron chi connectivity index (χ4n) is 1.42. The highest BCUT2D eigenvalue weighted by atomic mass is 32.2. The average Bonchev–Trinajstić information content (AvgIpc) is 2.90. The molecular formula is C12H15N5O2S2. The average molecular weight is 325 g/mol. The number of anilines is 1. The minimum atomic E-state index is -0.209. The van der Waals surface area contributed by atoms with Crippen molar-refractivity contribution >= 4 is 34.1 Å². The molecule has 112 valence electrons. The van der Waals surface area contributed by atoms with Crippen LogP contribution in [-0.4, -0.2) is 31.8 Å². The van der Waals surface area contributed by atoms with Gasteiger partial charge in [0.1, 0.15) is 5.01 Å². The summed E-state index contributed by atoms with van der Waals surface area (Å²) in [6.45, 7) is 5.45. The van der Waals surface area contributed by atoms with Gasteiger partial charge in [-0.3, -0.25) is 14.9 Å². The molecule has 1 amide bonds. The lowest BCUT2D eigenvalue weighted by atomic mass is 10.3. The van der Waals surface area contributed by atoms with Gasteiger partial charge >= 0.3 is 0 Å². The number of thioether (sulfide) groups is 1. The van der Waals surface area contributed by atoms with Crippen molar-refractivity contribution in [1.82, 2.24) is 20.2 Å². The van der Waals surface area contributed by atoms with Gasteiger partial charge in [0.05, 0.1) is 5.75 Å². The molecule has 9 heteroatoms. The van der Waals surface area contributed by atoms with Crippen molar-refractivity contribution < 1.29 is 4.79 Å². The molecule has 0 aliphatic heterocycles. The number of hydrogen-bond acceptors (Lipinski definition) is 7. The van der Waals surface area contributed by atoms with Crippen LogP contribution in [0.4, 0.5) is 5.13 Å². The second kappa shape index (κ2) is 6.81. The van der Waals surface area contributed by atoms with Crippen LogP contribution in [0.25, 0.3) is 0 Å². The number of carbonyl (C=O) groups is 1. The summed E-state index contributed by atoms with van der Waals surface area (Å²) in [5, 5.41) is 12.3. The molecule has 0 aliphatic carbocycles. The van der Waals surface area contributed by atoms with E-state index in [0.717, 1.165) is 11.4 Å². The first-order valence-corrected chi connectivity index (χ1v) is 8.12. The molecule has 2 aromatic heterocycles. The maximum absolute atomic E-state index is 11.8. The third kappa shape index (κ3) is 4.11. The van der Waals surface area contributed by atoms with E-state index in [4.69, 9.17) is 0 Å². The van der Waals surface area contributed by atoms with Gasteiger partial charge in [-0.1, -0.05) is 30.0 Å². The fourth-order valence-corrected chi connectivity index (χ4v) is 2.83. The number of aryl methyl sites for hydroxylation is 2. The molecule has 2 heterocycles. The lowest BCUT2D eigenvalue weighted by Crippen LogP contribution is -2.17. The molecule has 0 aliphatic rings. The summed E-state index contributed by atoms with van der Waals surface area (Å²) in [5.41, 5.74) is 1.07. The van der Waals surface area contributed by atoms with Crippen LogP contribution >= 0.6 is 23.1 Å². The summed E-state index contributed by atoms with van der Waals surface area (Å²) in [5.74, 6) is -0.0633. The first-order valence-electron chi connectivity index (χ1n) is 6.32. The zero-order chi connectivity index (χ0) is 15.4. The van der Waals surface area contributed by atoms with E-state index < -0.39 is 0 Å². The van der Waals surface area contributed by atoms with Crippen LogP contribution in [0.3, 0.4) is 0 Å². The van der Waals surface area contributed by atoms with E-state index in [2.05, 4.69) is 25.5 Å². The topological polar surface area (TPSA) is 101 Å². The first kappa shape index (κ1) is 15.6. The zero-order valence-electron chi connectivity index (χ0n) is 11.9. The fraction of sp³-hybridized carbons (Fsp3) is 0.417. The number of carbonyl (C=O) groups excluding carboxylic acids is 1. The van der Waals surface area contributed by atoms with Crippen molar-refractivity contribution in [3.8, 4) is 0 Å². The van der Waals surface area contributed by atoms with Gasteiger partial charge in [-0.15, -0.1) is 10.2 Å². The number of hydrogen-bond donors (Lipinski definition) is 2. The van der Waals surface area contributed by atoms with E-state index in [9.17, 15) is 9.59 Å². The predicted octanol–water partition coefficient (Wildman–Crippen LogP) is 1.53. The van der Waals surface area contributed by atoms with Crippen LogP contribution in [0.15, 0.2) is 9.95 Å². The standard InChI is InChI=1S/C12H15N5O2S2/c1-4-9-16-17-12(21-9)14-8(18)5-20-11-13-7(3)6(2)10(19)15-11/h4-5H2,1-3H3,(H,13,15,19)(H,14,17,18). The summed E-state index contributed by atoms with van der Waals surface area (Å²) in [6.07, 6.45) is 0.788. The Hall–Kier alpha value is -1.74. The minimum absolute atomic E-state index is 0.145. The Morgan fingerprint density at radius 3 is 2.76 bits per heavy atom. The van der Waals surface area contributed by atoms with E-state index in [1.807, 2.05) is 6.92 Å². The highest BCUT2D eigenvalue weighted by Crippen LogP contribution is 2.17. The summed E-state index contributed by atoms with van der Waals surface area (Å²) in [6, 6.07) is 0. The van der Waals surface area contributed by atoms with Gasteiger partial charge < -0.3 is 4.98 Å². The monoisotopic (exact) mass is 325 g/mol. The van der Waals surface area contributed by atoms with Gasteiger partial charge in [0.25, 0.3) is 5.56 Å². The summed E-state index contributed by atoms with van der Waals surface area (Å²) in [7, 11) is 0. The molecule has 0 radical (unpaired) electrons. The van der Waals surface area contributed by atoms with Gasteiger partial charge in [0.15, 0.2) is 5.16 Å². The smallest absolute Gasteiger partial charge is 0.254 e. The minimum Gasteiger partial charge on any atom is -0.301 e. The predicted molar refractivity (Wildman–Crippen MR) is 83.0 cm³/mol. The third-order valence-corrected chi connectivity index (χ3v) is 4.58. The molecule has 0 fully saturated rings. The van der Waals surface area contributed by atoms with E-state index in [0.29, 0.717) is 21.5 Å². The summed E-state index contributed by atoms with van der Waals surface area (Å²) >= 11 is 2.53. The number of aromatic amines is 1. The van der Waals surface area contributed by atoms with Crippen molar-refractivity contribution in [2.24, 2.45) is 0 Å². The zero-order valence-corrected chi connectivity index (χ0v) is 13.5. The lowest BCUT2D eigenvalue weighted by Gasteiger charge is -2.03. The van der Waals surface area contributed by atoms with Crippen LogP contribution in [0.1, 0.15) is 23.2 Å². The molecule has 0 bridgehead atoms.